The average molecular weight is 168 g/mol. The molecule has 2 atom stereocenters. The molecule has 0 bridgehead atoms. The molecular formula is C12H24. The lowest BCUT2D eigenvalue weighted by molar-refractivity contribution is 0.448. The van der Waals surface area contributed by atoms with E-state index in [1.165, 1.54) is 19.3 Å². The molecule has 0 aromatic heterocycles. The van der Waals surface area contributed by atoms with Crippen molar-refractivity contribution < 1.29 is 0 Å². The van der Waals surface area contributed by atoms with Crippen molar-refractivity contribution >= 4 is 0 Å². The third-order valence-electron chi connectivity index (χ3n) is 2.77. The predicted octanol–water partition coefficient (Wildman–Crippen LogP) is 4.42. The van der Waals surface area contributed by atoms with Crippen LogP contribution in [0.4, 0.5) is 0 Å². The Labute approximate surface area is 78.1 Å². The van der Waals surface area contributed by atoms with Gasteiger partial charge in [0, 0.05) is 0 Å². The number of rotatable bonds is 1. The quantitative estimate of drug-likeness (QED) is 0.509. The average Bonchev–Trinajstić information content (AvgIpc) is 2.13. The second kappa shape index (κ2) is 6.28. The van der Waals surface area contributed by atoms with E-state index in [0.717, 1.165) is 11.8 Å². The maximum atomic E-state index is 2.47. The van der Waals surface area contributed by atoms with Gasteiger partial charge >= 0.3 is 0 Å². The lowest BCUT2D eigenvalue weighted by Crippen LogP contribution is -2.09. The van der Waals surface area contributed by atoms with Gasteiger partial charge < -0.3 is 0 Å². The third kappa shape index (κ3) is 3.42. The molecule has 1 rings (SSSR count). The van der Waals surface area contributed by atoms with Crippen molar-refractivity contribution in [3.8, 4) is 0 Å². The van der Waals surface area contributed by atoms with Gasteiger partial charge in [-0.25, -0.2) is 0 Å². The molecule has 0 heteroatoms. The summed E-state index contributed by atoms with van der Waals surface area (Å²) in [6, 6.07) is 0. The molecule has 0 N–H and O–H groups in total. The number of hydrogen-bond donors (Lipinski definition) is 0. The summed E-state index contributed by atoms with van der Waals surface area (Å²) in [5.41, 5.74) is 1.61. The number of allylic oxidation sites excluding steroid dienone is 2. The van der Waals surface area contributed by atoms with Crippen LogP contribution in [0.3, 0.4) is 0 Å². The minimum atomic E-state index is 0.850. The van der Waals surface area contributed by atoms with Crippen LogP contribution in [-0.4, -0.2) is 0 Å². The zero-order chi connectivity index (χ0) is 9.56. The van der Waals surface area contributed by atoms with E-state index >= 15 is 0 Å². The lowest BCUT2D eigenvalue weighted by atomic mass is 9.83. The van der Waals surface area contributed by atoms with Crippen LogP contribution in [0.1, 0.15) is 53.9 Å². The smallest absolute Gasteiger partial charge is 0.0233 e. The molecule has 2 unspecified atom stereocenters. The van der Waals surface area contributed by atoms with Gasteiger partial charge in [0.05, 0.1) is 0 Å². The van der Waals surface area contributed by atoms with E-state index < -0.39 is 0 Å². The first-order valence-corrected chi connectivity index (χ1v) is 5.42. The van der Waals surface area contributed by atoms with E-state index in [4.69, 9.17) is 0 Å². The fourth-order valence-electron chi connectivity index (χ4n) is 1.63. The molecule has 0 amide bonds. The van der Waals surface area contributed by atoms with Crippen LogP contribution >= 0.6 is 0 Å². The highest BCUT2D eigenvalue weighted by Gasteiger charge is 2.14. The maximum Gasteiger partial charge on any atom is -0.0233 e. The van der Waals surface area contributed by atoms with E-state index in [1.807, 2.05) is 13.8 Å². The van der Waals surface area contributed by atoms with Crippen LogP contribution in [-0.2, 0) is 0 Å². The molecule has 0 saturated heterocycles. The molecule has 72 valence electrons. The summed E-state index contributed by atoms with van der Waals surface area (Å²) < 4.78 is 0. The van der Waals surface area contributed by atoms with Gasteiger partial charge in [-0.3, -0.25) is 0 Å². The van der Waals surface area contributed by atoms with E-state index in [-0.39, 0.29) is 0 Å². The Balaban J connectivity index is 0.000000561. The monoisotopic (exact) mass is 168 g/mol. The van der Waals surface area contributed by atoms with Crippen molar-refractivity contribution in [2.75, 3.05) is 0 Å². The molecule has 0 aromatic carbocycles. The van der Waals surface area contributed by atoms with Gasteiger partial charge in [0.1, 0.15) is 0 Å². The normalized spacial score (nSPS) is 28.6. The molecule has 1 aliphatic rings. The van der Waals surface area contributed by atoms with Crippen LogP contribution < -0.4 is 0 Å². The minimum Gasteiger partial charge on any atom is -0.0822 e. The van der Waals surface area contributed by atoms with E-state index in [1.54, 1.807) is 5.57 Å². The molecule has 0 aromatic rings. The fraction of sp³-hybridized carbons (Fsp3) is 0.833. The second-order valence-electron chi connectivity index (χ2n) is 3.56. The summed E-state index contributed by atoms with van der Waals surface area (Å²) in [6.45, 7) is 10.9. The SMILES string of the molecule is CC.CCC1C=C(C)C(C)CC1. The van der Waals surface area contributed by atoms with Crippen molar-refractivity contribution in [2.24, 2.45) is 11.8 Å². The Kier molecular flexibility index (Phi) is 6.14. The van der Waals surface area contributed by atoms with E-state index in [2.05, 4.69) is 26.8 Å². The summed E-state index contributed by atoms with van der Waals surface area (Å²) in [5.74, 6) is 1.74. The molecule has 12 heavy (non-hydrogen) atoms. The van der Waals surface area contributed by atoms with Gasteiger partial charge in [0.15, 0.2) is 0 Å². The summed E-state index contributed by atoms with van der Waals surface area (Å²) in [5, 5.41) is 0. The summed E-state index contributed by atoms with van der Waals surface area (Å²) in [6.07, 6.45) is 6.61. The minimum absolute atomic E-state index is 0.850. The van der Waals surface area contributed by atoms with Gasteiger partial charge in [0.25, 0.3) is 0 Å². The van der Waals surface area contributed by atoms with Crippen molar-refractivity contribution in [3.63, 3.8) is 0 Å². The first kappa shape index (κ1) is 11.7. The zero-order valence-electron chi connectivity index (χ0n) is 9.35. The topological polar surface area (TPSA) is 0 Å². The zero-order valence-corrected chi connectivity index (χ0v) is 9.35. The van der Waals surface area contributed by atoms with Gasteiger partial charge in [0.2, 0.25) is 0 Å². The molecule has 0 saturated carbocycles. The predicted molar refractivity (Wildman–Crippen MR) is 57.3 cm³/mol. The van der Waals surface area contributed by atoms with Crippen molar-refractivity contribution in [3.05, 3.63) is 11.6 Å². The Bertz CT molecular complexity index is 133. The molecule has 0 radical (unpaired) electrons. The molecule has 0 aliphatic heterocycles. The van der Waals surface area contributed by atoms with Gasteiger partial charge in [-0.2, -0.15) is 0 Å². The van der Waals surface area contributed by atoms with Crippen molar-refractivity contribution in [2.45, 2.75) is 53.9 Å². The first-order valence-electron chi connectivity index (χ1n) is 5.42. The first-order chi connectivity index (χ1) is 5.74. The van der Waals surface area contributed by atoms with E-state index in [9.17, 15) is 0 Å². The van der Waals surface area contributed by atoms with Crippen LogP contribution in [0.5, 0.6) is 0 Å². The molecule has 0 nitrogen and oxygen atoms in total. The summed E-state index contributed by atoms with van der Waals surface area (Å²) >= 11 is 0. The van der Waals surface area contributed by atoms with Gasteiger partial charge in [-0.15, -0.1) is 0 Å². The Morgan fingerprint density at radius 3 is 2.33 bits per heavy atom. The van der Waals surface area contributed by atoms with Crippen molar-refractivity contribution in [1.82, 2.24) is 0 Å². The largest absolute Gasteiger partial charge is 0.0822 e. The van der Waals surface area contributed by atoms with Crippen LogP contribution in [0, 0.1) is 11.8 Å². The molecule has 0 fully saturated rings. The fourth-order valence-corrected chi connectivity index (χ4v) is 1.63. The molecule has 1 aliphatic carbocycles. The van der Waals surface area contributed by atoms with Crippen LogP contribution in [0.25, 0.3) is 0 Å². The highest BCUT2D eigenvalue weighted by molar-refractivity contribution is 5.08. The second-order valence-corrected chi connectivity index (χ2v) is 3.56. The van der Waals surface area contributed by atoms with Gasteiger partial charge in [-0.05, 0) is 38.0 Å². The third-order valence-corrected chi connectivity index (χ3v) is 2.77. The van der Waals surface area contributed by atoms with Crippen LogP contribution in [0.2, 0.25) is 0 Å². The molecule has 0 spiro atoms. The van der Waals surface area contributed by atoms with Gasteiger partial charge in [-0.1, -0.05) is 39.3 Å². The Hall–Kier alpha value is -0.260. The Morgan fingerprint density at radius 1 is 1.33 bits per heavy atom. The highest BCUT2D eigenvalue weighted by Crippen LogP contribution is 2.28. The van der Waals surface area contributed by atoms with Crippen LogP contribution in [0.15, 0.2) is 11.6 Å². The van der Waals surface area contributed by atoms with E-state index in [0.29, 0.717) is 0 Å². The maximum absolute atomic E-state index is 2.47. The lowest BCUT2D eigenvalue weighted by Gasteiger charge is -2.23. The molecule has 0 heterocycles. The Morgan fingerprint density at radius 2 is 1.92 bits per heavy atom. The molecular weight excluding hydrogens is 144 g/mol. The number of hydrogen-bond acceptors (Lipinski definition) is 0. The van der Waals surface area contributed by atoms with Crippen molar-refractivity contribution in [1.29, 1.82) is 0 Å². The summed E-state index contributed by atoms with van der Waals surface area (Å²) in [4.78, 5) is 0. The standard InChI is InChI=1S/C10H18.C2H6/c1-4-10-6-5-8(2)9(3)7-10;1-2/h7-8,10H,4-6H2,1-3H3;1-2H3. The summed E-state index contributed by atoms with van der Waals surface area (Å²) in [7, 11) is 0. The highest BCUT2D eigenvalue weighted by atomic mass is 14.2.